The van der Waals surface area contributed by atoms with E-state index in [1.807, 2.05) is 43.3 Å². The Bertz CT molecular complexity index is 552. The number of aryl methyl sites for hydroxylation is 1. The number of nitrogens with two attached hydrogens (primary N) is 1. The molecule has 0 fully saturated rings. The normalized spacial score (nSPS) is 10.2. The number of rotatable bonds is 5. The van der Waals surface area contributed by atoms with Crippen LogP contribution < -0.4 is 15.2 Å². The minimum absolute atomic E-state index is 0.537. The van der Waals surface area contributed by atoms with Crippen molar-refractivity contribution in [3.63, 3.8) is 0 Å². The maximum absolute atomic E-state index is 6.06. The Morgan fingerprint density at radius 2 is 1.58 bits per heavy atom. The van der Waals surface area contributed by atoms with Crippen molar-refractivity contribution in [3.05, 3.63) is 48.0 Å². The Morgan fingerprint density at radius 3 is 2.32 bits per heavy atom. The molecule has 0 amide bonds. The summed E-state index contributed by atoms with van der Waals surface area (Å²) < 4.78 is 11.4. The van der Waals surface area contributed by atoms with Crippen molar-refractivity contribution >= 4 is 5.69 Å². The van der Waals surface area contributed by atoms with Gasteiger partial charge in [0.2, 0.25) is 0 Å². The monoisotopic (exact) mass is 257 g/mol. The Balaban J connectivity index is 2.30. The van der Waals surface area contributed by atoms with Crippen LogP contribution in [0.25, 0.3) is 0 Å². The van der Waals surface area contributed by atoms with Gasteiger partial charge in [0.25, 0.3) is 0 Å². The van der Waals surface area contributed by atoms with Crippen LogP contribution in [0.1, 0.15) is 19.4 Å². The smallest absolute Gasteiger partial charge is 0.154 e. The van der Waals surface area contributed by atoms with Gasteiger partial charge in [-0.3, -0.25) is 0 Å². The minimum atomic E-state index is 0.537. The molecular weight excluding hydrogens is 238 g/mol. The number of hydrogen-bond donors (Lipinski definition) is 1. The fraction of sp³-hybridized carbons (Fsp3) is 0.250. The van der Waals surface area contributed by atoms with Crippen molar-refractivity contribution in [2.24, 2.45) is 0 Å². The summed E-state index contributed by atoms with van der Waals surface area (Å²) in [4.78, 5) is 0. The molecule has 0 bridgehead atoms. The van der Waals surface area contributed by atoms with E-state index in [0.717, 1.165) is 17.7 Å². The van der Waals surface area contributed by atoms with E-state index < -0.39 is 0 Å². The summed E-state index contributed by atoms with van der Waals surface area (Å²) in [6, 6.07) is 13.5. The third-order valence-electron chi connectivity index (χ3n) is 2.90. The van der Waals surface area contributed by atoms with Crippen molar-refractivity contribution in [3.8, 4) is 17.2 Å². The fourth-order valence-corrected chi connectivity index (χ4v) is 1.91. The molecule has 3 nitrogen and oxygen atoms in total. The average molecular weight is 257 g/mol. The highest BCUT2D eigenvalue weighted by atomic mass is 16.5. The van der Waals surface area contributed by atoms with Crippen LogP contribution in [-0.2, 0) is 6.42 Å². The van der Waals surface area contributed by atoms with Crippen molar-refractivity contribution in [2.75, 3.05) is 12.3 Å². The largest absolute Gasteiger partial charge is 0.492 e. The van der Waals surface area contributed by atoms with Crippen LogP contribution in [0.3, 0.4) is 0 Å². The van der Waals surface area contributed by atoms with E-state index in [-0.39, 0.29) is 0 Å². The van der Waals surface area contributed by atoms with Crippen LogP contribution in [0.5, 0.6) is 17.2 Å². The van der Waals surface area contributed by atoms with Gasteiger partial charge in [-0.25, -0.2) is 0 Å². The molecule has 0 spiro atoms. The predicted octanol–water partition coefficient (Wildman–Crippen LogP) is 4.02. The summed E-state index contributed by atoms with van der Waals surface area (Å²) in [6.45, 7) is 4.61. The standard InChI is InChI=1S/C16H19NO2/c1-3-12-8-5-6-9-13(12)19-15-11-7-10-14(16(15)17)18-4-2/h5-11H,3-4,17H2,1-2H3. The van der Waals surface area contributed by atoms with Gasteiger partial charge in [0.1, 0.15) is 17.2 Å². The van der Waals surface area contributed by atoms with Crippen LogP contribution >= 0.6 is 0 Å². The van der Waals surface area contributed by atoms with E-state index in [9.17, 15) is 0 Å². The molecule has 0 atom stereocenters. The number of benzene rings is 2. The van der Waals surface area contributed by atoms with Crippen LogP contribution in [0.15, 0.2) is 42.5 Å². The van der Waals surface area contributed by atoms with Crippen molar-refractivity contribution in [2.45, 2.75) is 20.3 Å². The molecule has 2 aromatic carbocycles. The highest BCUT2D eigenvalue weighted by molar-refractivity contribution is 5.63. The first-order valence-electron chi connectivity index (χ1n) is 6.53. The van der Waals surface area contributed by atoms with Gasteiger partial charge in [-0.05, 0) is 37.1 Å². The molecular formula is C16H19NO2. The molecule has 0 radical (unpaired) electrons. The first-order chi connectivity index (χ1) is 9.26. The first kappa shape index (κ1) is 13.3. The summed E-state index contributed by atoms with van der Waals surface area (Å²) in [7, 11) is 0. The summed E-state index contributed by atoms with van der Waals surface area (Å²) in [5.41, 5.74) is 7.75. The second-order valence-electron chi connectivity index (χ2n) is 4.16. The molecule has 0 saturated carbocycles. The second-order valence-corrected chi connectivity index (χ2v) is 4.16. The molecule has 0 aromatic heterocycles. The van der Waals surface area contributed by atoms with Gasteiger partial charge in [0, 0.05) is 0 Å². The molecule has 19 heavy (non-hydrogen) atoms. The number of nitrogen functional groups attached to an aromatic ring is 1. The Kier molecular flexibility index (Phi) is 4.29. The van der Waals surface area contributed by atoms with Crippen LogP contribution in [0, 0.1) is 0 Å². The van der Waals surface area contributed by atoms with Crippen LogP contribution in [0.4, 0.5) is 5.69 Å². The zero-order valence-corrected chi connectivity index (χ0v) is 11.3. The first-order valence-corrected chi connectivity index (χ1v) is 6.53. The maximum Gasteiger partial charge on any atom is 0.154 e. The van der Waals surface area contributed by atoms with Gasteiger partial charge in [0.15, 0.2) is 5.75 Å². The van der Waals surface area contributed by atoms with E-state index in [1.54, 1.807) is 0 Å². The maximum atomic E-state index is 6.06. The lowest BCUT2D eigenvalue weighted by molar-refractivity contribution is 0.340. The zero-order valence-electron chi connectivity index (χ0n) is 11.3. The van der Waals surface area contributed by atoms with Crippen molar-refractivity contribution in [1.29, 1.82) is 0 Å². The van der Waals surface area contributed by atoms with Crippen LogP contribution in [-0.4, -0.2) is 6.61 Å². The molecule has 2 aromatic rings. The quantitative estimate of drug-likeness (QED) is 0.823. The Hall–Kier alpha value is -2.16. The Morgan fingerprint density at radius 1 is 0.895 bits per heavy atom. The van der Waals surface area contributed by atoms with E-state index in [0.29, 0.717) is 23.8 Å². The lowest BCUT2D eigenvalue weighted by Gasteiger charge is -2.14. The molecule has 2 N–H and O–H groups in total. The average Bonchev–Trinajstić information content (AvgIpc) is 2.44. The number of anilines is 1. The lowest BCUT2D eigenvalue weighted by Crippen LogP contribution is -1.99. The molecule has 0 aliphatic rings. The van der Waals surface area contributed by atoms with Gasteiger partial charge >= 0.3 is 0 Å². The minimum Gasteiger partial charge on any atom is -0.492 e. The summed E-state index contributed by atoms with van der Waals surface area (Å²) in [6.07, 6.45) is 0.918. The predicted molar refractivity (Wildman–Crippen MR) is 77.9 cm³/mol. The van der Waals surface area contributed by atoms with E-state index in [4.69, 9.17) is 15.2 Å². The SMILES string of the molecule is CCOc1cccc(Oc2ccccc2CC)c1N. The number of para-hydroxylation sites is 2. The van der Waals surface area contributed by atoms with E-state index in [2.05, 4.69) is 13.0 Å². The molecule has 0 saturated heterocycles. The van der Waals surface area contributed by atoms with E-state index >= 15 is 0 Å². The van der Waals surface area contributed by atoms with Gasteiger partial charge in [-0.1, -0.05) is 31.2 Å². The third kappa shape index (κ3) is 2.99. The molecule has 3 heteroatoms. The van der Waals surface area contributed by atoms with Gasteiger partial charge in [-0.15, -0.1) is 0 Å². The molecule has 0 aliphatic carbocycles. The van der Waals surface area contributed by atoms with E-state index in [1.165, 1.54) is 0 Å². The summed E-state index contributed by atoms with van der Waals surface area (Å²) in [5.74, 6) is 2.13. The highest BCUT2D eigenvalue weighted by Crippen LogP contribution is 2.35. The van der Waals surface area contributed by atoms with Crippen molar-refractivity contribution in [1.82, 2.24) is 0 Å². The second kappa shape index (κ2) is 6.14. The van der Waals surface area contributed by atoms with Crippen molar-refractivity contribution < 1.29 is 9.47 Å². The zero-order chi connectivity index (χ0) is 13.7. The molecule has 0 unspecified atom stereocenters. The molecule has 0 aliphatic heterocycles. The number of hydrogen-bond acceptors (Lipinski definition) is 3. The third-order valence-corrected chi connectivity index (χ3v) is 2.90. The Labute approximate surface area is 114 Å². The molecule has 2 rings (SSSR count). The van der Waals surface area contributed by atoms with Gasteiger partial charge in [-0.2, -0.15) is 0 Å². The molecule has 0 heterocycles. The van der Waals surface area contributed by atoms with Crippen LogP contribution in [0.2, 0.25) is 0 Å². The van der Waals surface area contributed by atoms with Gasteiger partial charge < -0.3 is 15.2 Å². The summed E-state index contributed by atoms with van der Waals surface area (Å²) >= 11 is 0. The highest BCUT2D eigenvalue weighted by Gasteiger charge is 2.09. The summed E-state index contributed by atoms with van der Waals surface area (Å²) in [5, 5.41) is 0. The topological polar surface area (TPSA) is 44.5 Å². The lowest BCUT2D eigenvalue weighted by atomic mass is 10.1. The fourth-order valence-electron chi connectivity index (χ4n) is 1.91. The number of ether oxygens (including phenoxy) is 2. The molecule has 100 valence electrons. The van der Waals surface area contributed by atoms with Gasteiger partial charge in [0.05, 0.1) is 6.61 Å².